The van der Waals surface area contributed by atoms with Crippen molar-refractivity contribution in [3.63, 3.8) is 0 Å². The van der Waals surface area contributed by atoms with Crippen LogP contribution in [0.15, 0.2) is 72.8 Å². The van der Waals surface area contributed by atoms with Crippen LogP contribution in [0.1, 0.15) is 70.2 Å². The van der Waals surface area contributed by atoms with Crippen molar-refractivity contribution in [2.24, 2.45) is 0 Å². The SMILES string of the molecule is COc1cc(CCCCc2ccc(C)c(C)c2)ccc1C.COc1cc(CCCCc2ccc(O)c(C)c2)ccc1O. The van der Waals surface area contributed by atoms with Crippen molar-refractivity contribution in [2.45, 2.75) is 79.1 Å². The van der Waals surface area contributed by atoms with Crippen molar-refractivity contribution in [1.29, 1.82) is 0 Å². The van der Waals surface area contributed by atoms with Crippen LogP contribution < -0.4 is 9.47 Å². The van der Waals surface area contributed by atoms with E-state index in [0.717, 1.165) is 43.4 Å². The van der Waals surface area contributed by atoms with Crippen LogP contribution in [0.2, 0.25) is 0 Å². The monoisotopic (exact) mass is 568 g/mol. The molecule has 42 heavy (non-hydrogen) atoms. The first-order valence-corrected chi connectivity index (χ1v) is 15.0. The van der Waals surface area contributed by atoms with Crippen LogP contribution >= 0.6 is 0 Å². The fraction of sp³-hybridized carbons (Fsp3) is 0.368. The molecule has 0 unspecified atom stereocenters. The molecule has 4 rings (SSSR count). The second kappa shape index (κ2) is 16.5. The number of methoxy groups -OCH3 is 2. The van der Waals surface area contributed by atoms with Crippen LogP contribution in [0.25, 0.3) is 0 Å². The number of unbranched alkanes of at least 4 members (excludes halogenated alkanes) is 2. The van der Waals surface area contributed by atoms with Gasteiger partial charge in [-0.2, -0.15) is 0 Å². The molecule has 0 amide bonds. The van der Waals surface area contributed by atoms with E-state index in [0.29, 0.717) is 11.5 Å². The molecular formula is C38H48O4. The van der Waals surface area contributed by atoms with Crippen LogP contribution in [0, 0.1) is 27.7 Å². The second-order valence-electron chi connectivity index (χ2n) is 11.3. The predicted molar refractivity (Wildman–Crippen MR) is 174 cm³/mol. The fourth-order valence-electron chi connectivity index (χ4n) is 5.05. The second-order valence-corrected chi connectivity index (χ2v) is 11.3. The average molecular weight is 569 g/mol. The molecule has 0 aliphatic rings. The lowest BCUT2D eigenvalue weighted by Crippen LogP contribution is -1.93. The van der Waals surface area contributed by atoms with E-state index in [1.165, 1.54) is 58.2 Å². The fourth-order valence-corrected chi connectivity index (χ4v) is 5.05. The first kappa shape index (κ1) is 32.6. The van der Waals surface area contributed by atoms with Crippen LogP contribution in [0.5, 0.6) is 23.0 Å². The van der Waals surface area contributed by atoms with Gasteiger partial charge in [0.05, 0.1) is 14.2 Å². The molecule has 224 valence electrons. The average Bonchev–Trinajstić information content (AvgIpc) is 2.99. The Balaban J connectivity index is 0.000000230. The minimum absolute atomic E-state index is 0.181. The third-order valence-electron chi connectivity index (χ3n) is 7.91. The summed E-state index contributed by atoms with van der Waals surface area (Å²) >= 11 is 0. The van der Waals surface area contributed by atoms with E-state index in [1.807, 2.05) is 31.2 Å². The number of aromatic hydroxyl groups is 2. The van der Waals surface area contributed by atoms with E-state index in [9.17, 15) is 10.2 Å². The van der Waals surface area contributed by atoms with Gasteiger partial charge in [0, 0.05) is 0 Å². The molecule has 0 saturated heterocycles. The lowest BCUT2D eigenvalue weighted by molar-refractivity contribution is 0.373. The highest BCUT2D eigenvalue weighted by molar-refractivity contribution is 5.42. The molecule has 0 bridgehead atoms. The smallest absolute Gasteiger partial charge is 0.160 e. The Morgan fingerprint density at radius 3 is 1.31 bits per heavy atom. The zero-order chi connectivity index (χ0) is 30.5. The molecule has 0 fully saturated rings. The molecule has 0 aliphatic carbocycles. The van der Waals surface area contributed by atoms with Gasteiger partial charge in [-0.15, -0.1) is 0 Å². The van der Waals surface area contributed by atoms with E-state index in [4.69, 9.17) is 9.47 Å². The quantitative estimate of drug-likeness (QED) is 0.167. The Hall–Kier alpha value is -3.92. The Kier molecular flexibility index (Phi) is 12.8. The molecule has 4 aromatic carbocycles. The molecule has 4 aromatic rings. The highest BCUT2D eigenvalue weighted by Gasteiger charge is 2.04. The molecule has 0 aliphatic heterocycles. The van der Waals surface area contributed by atoms with Crippen molar-refractivity contribution in [3.8, 4) is 23.0 Å². The van der Waals surface area contributed by atoms with E-state index in [2.05, 4.69) is 57.2 Å². The molecular weight excluding hydrogens is 520 g/mol. The van der Waals surface area contributed by atoms with Crippen LogP contribution in [-0.2, 0) is 25.7 Å². The summed E-state index contributed by atoms with van der Waals surface area (Å²) in [6.07, 6.45) is 8.90. The first-order valence-electron chi connectivity index (χ1n) is 15.0. The van der Waals surface area contributed by atoms with Crippen LogP contribution in [0.3, 0.4) is 0 Å². The van der Waals surface area contributed by atoms with E-state index in [1.54, 1.807) is 26.4 Å². The van der Waals surface area contributed by atoms with Crippen molar-refractivity contribution >= 4 is 0 Å². The molecule has 0 spiro atoms. The molecule has 0 heterocycles. The number of rotatable bonds is 12. The normalized spacial score (nSPS) is 10.6. The highest BCUT2D eigenvalue weighted by Crippen LogP contribution is 2.27. The molecule has 0 saturated carbocycles. The van der Waals surface area contributed by atoms with Gasteiger partial charge in [0.1, 0.15) is 11.5 Å². The number of benzene rings is 4. The molecule has 4 nitrogen and oxygen atoms in total. The minimum Gasteiger partial charge on any atom is -0.508 e. The van der Waals surface area contributed by atoms with Gasteiger partial charge in [0.2, 0.25) is 0 Å². The zero-order valence-corrected chi connectivity index (χ0v) is 26.3. The Labute approximate surface area is 253 Å². The summed E-state index contributed by atoms with van der Waals surface area (Å²) < 4.78 is 10.5. The lowest BCUT2D eigenvalue weighted by atomic mass is 10.00. The van der Waals surface area contributed by atoms with Gasteiger partial charge in [0.25, 0.3) is 0 Å². The van der Waals surface area contributed by atoms with E-state index >= 15 is 0 Å². The summed E-state index contributed by atoms with van der Waals surface area (Å²) in [5, 5.41) is 19.1. The summed E-state index contributed by atoms with van der Waals surface area (Å²) in [6.45, 7) is 8.37. The number of hydrogen-bond donors (Lipinski definition) is 2. The van der Waals surface area contributed by atoms with Crippen LogP contribution in [-0.4, -0.2) is 24.4 Å². The van der Waals surface area contributed by atoms with Gasteiger partial charge in [-0.1, -0.05) is 48.5 Å². The summed E-state index contributed by atoms with van der Waals surface area (Å²) in [4.78, 5) is 0. The van der Waals surface area contributed by atoms with Gasteiger partial charge < -0.3 is 19.7 Å². The lowest BCUT2D eigenvalue weighted by Gasteiger charge is -2.08. The maximum absolute atomic E-state index is 9.56. The summed E-state index contributed by atoms with van der Waals surface area (Å²) in [5.41, 5.74) is 10.2. The van der Waals surface area contributed by atoms with Gasteiger partial charge in [-0.25, -0.2) is 0 Å². The standard InChI is InChI=1S/C20H26O.C18H22O3/c1-15-9-11-18(13-17(15)3)7-5-6-8-19-12-10-16(2)20(14-19)21-4;1-13-11-14(7-9-16(13)19)5-3-4-6-15-8-10-17(20)18(12-15)21-2/h9-14H,5-8H2,1-4H3;7-12,19-20H,3-6H2,1-2H3. The highest BCUT2D eigenvalue weighted by atomic mass is 16.5. The van der Waals surface area contributed by atoms with Gasteiger partial charge in [0.15, 0.2) is 11.5 Å². The van der Waals surface area contributed by atoms with Crippen molar-refractivity contribution in [2.75, 3.05) is 14.2 Å². The first-order chi connectivity index (χ1) is 20.2. The van der Waals surface area contributed by atoms with Gasteiger partial charge >= 0.3 is 0 Å². The van der Waals surface area contributed by atoms with E-state index in [-0.39, 0.29) is 5.75 Å². The third kappa shape index (κ3) is 10.2. The summed E-state index contributed by atoms with van der Waals surface area (Å²) in [7, 11) is 3.30. The Morgan fingerprint density at radius 1 is 0.429 bits per heavy atom. The summed E-state index contributed by atoms with van der Waals surface area (Å²) in [5.74, 6) is 2.07. The van der Waals surface area contributed by atoms with Crippen molar-refractivity contribution < 1.29 is 19.7 Å². The van der Waals surface area contributed by atoms with Crippen molar-refractivity contribution in [1.82, 2.24) is 0 Å². The molecule has 0 radical (unpaired) electrons. The number of phenols is 2. The number of ether oxygens (including phenoxy) is 2. The molecule has 2 N–H and O–H groups in total. The summed E-state index contributed by atoms with van der Waals surface area (Å²) in [6, 6.07) is 24.6. The Bertz CT molecular complexity index is 1310. The number of hydrogen-bond acceptors (Lipinski definition) is 4. The van der Waals surface area contributed by atoms with Crippen LogP contribution in [0.4, 0.5) is 0 Å². The molecule has 4 heteroatoms. The zero-order valence-electron chi connectivity index (χ0n) is 26.3. The van der Waals surface area contributed by atoms with Gasteiger partial charge in [-0.05, 0) is 148 Å². The Morgan fingerprint density at radius 2 is 0.833 bits per heavy atom. The molecule has 0 atom stereocenters. The minimum atomic E-state index is 0.181. The maximum Gasteiger partial charge on any atom is 0.160 e. The number of phenolic OH excluding ortho intramolecular Hbond substituents is 2. The predicted octanol–water partition coefficient (Wildman–Crippen LogP) is 9.17. The van der Waals surface area contributed by atoms with Gasteiger partial charge in [-0.3, -0.25) is 0 Å². The van der Waals surface area contributed by atoms with E-state index < -0.39 is 0 Å². The topological polar surface area (TPSA) is 58.9 Å². The molecule has 0 aromatic heterocycles. The maximum atomic E-state index is 9.56. The number of aryl methyl sites for hydroxylation is 8. The third-order valence-corrected chi connectivity index (χ3v) is 7.91. The van der Waals surface area contributed by atoms with Crippen molar-refractivity contribution in [3.05, 3.63) is 117 Å². The largest absolute Gasteiger partial charge is 0.508 e.